The number of hydrogen-bond acceptors (Lipinski definition) is 2. The van der Waals surface area contributed by atoms with Crippen LogP contribution in [0.2, 0.25) is 0 Å². The molecule has 0 aliphatic heterocycles. The summed E-state index contributed by atoms with van der Waals surface area (Å²) in [6.45, 7) is 5.20. The van der Waals surface area contributed by atoms with Crippen LogP contribution in [0.15, 0.2) is 42.5 Å². The van der Waals surface area contributed by atoms with Gasteiger partial charge in [-0.1, -0.05) is 31.5 Å². The van der Waals surface area contributed by atoms with E-state index in [2.05, 4.69) is 43.4 Å². The largest absolute Gasteiger partial charge is 0.457 e. The quantitative estimate of drug-likeness (QED) is 0.836. The average molecular weight is 269 g/mol. The molecule has 1 N–H and O–H groups in total. The van der Waals surface area contributed by atoms with Crippen molar-refractivity contribution >= 4 is 0 Å². The van der Waals surface area contributed by atoms with Crippen LogP contribution in [0.3, 0.4) is 0 Å². The van der Waals surface area contributed by atoms with Gasteiger partial charge >= 0.3 is 0 Å². The molecule has 0 radical (unpaired) electrons. The average Bonchev–Trinajstić information content (AvgIpc) is 2.44. The van der Waals surface area contributed by atoms with E-state index in [1.807, 2.05) is 25.2 Å². The molecule has 2 aromatic carbocycles. The summed E-state index contributed by atoms with van der Waals surface area (Å²) in [6.07, 6.45) is 2.30. The van der Waals surface area contributed by atoms with Crippen LogP contribution in [0.4, 0.5) is 0 Å². The Balaban J connectivity index is 2.07. The lowest BCUT2D eigenvalue weighted by Crippen LogP contribution is -2.06. The molecule has 2 aromatic rings. The molecule has 2 heteroatoms. The molecule has 0 spiro atoms. The van der Waals surface area contributed by atoms with E-state index in [1.165, 1.54) is 23.1 Å². The van der Waals surface area contributed by atoms with Crippen LogP contribution in [-0.2, 0) is 13.0 Å². The van der Waals surface area contributed by atoms with Crippen LogP contribution in [0.1, 0.15) is 30.0 Å². The zero-order valence-corrected chi connectivity index (χ0v) is 12.6. The van der Waals surface area contributed by atoms with Gasteiger partial charge < -0.3 is 10.1 Å². The fourth-order valence-electron chi connectivity index (χ4n) is 2.27. The van der Waals surface area contributed by atoms with E-state index in [0.717, 1.165) is 24.5 Å². The van der Waals surface area contributed by atoms with Crippen molar-refractivity contribution in [1.82, 2.24) is 5.32 Å². The first-order chi connectivity index (χ1) is 9.72. The van der Waals surface area contributed by atoms with Crippen LogP contribution in [0, 0.1) is 6.92 Å². The SMILES string of the molecule is CCCc1ccc(Oc2ccc(CNC)c(C)c2)cc1. The Bertz CT molecular complexity index is 546. The Morgan fingerprint density at radius 1 is 1.00 bits per heavy atom. The second kappa shape index (κ2) is 7.11. The molecule has 0 heterocycles. The van der Waals surface area contributed by atoms with Gasteiger partial charge in [-0.3, -0.25) is 0 Å². The molecule has 0 aliphatic rings. The Labute approximate surface area is 121 Å². The van der Waals surface area contributed by atoms with Gasteiger partial charge in [0.15, 0.2) is 0 Å². The third kappa shape index (κ3) is 3.84. The summed E-state index contributed by atoms with van der Waals surface area (Å²) in [5, 5.41) is 3.17. The van der Waals surface area contributed by atoms with Gasteiger partial charge in [-0.15, -0.1) is 0 Å². The lowest BCUT2D eigenvalue weighted by atomic mass is 10.1. The van der Waals surface area contributed by atoms with E-state index in [9.17, 15) is 0 Å². The molecule has 0 unspecified atom stereocenters. The maximum absolute atomic E-state index is 5.91. The molecular weight excluding hydrogens is 246 g/mol. The van der Waals surface area contributed by atoms with E-state index in [0.29, 0.717) is 0 Å². The molecular formula is C18H23NO. The summed E-state index contributed by atoms with van der Waals surface area (Å²) >= 11 is 0. The van der Waals surface area contributed by atoms with Crippen LogP contribution in [-0.4, -0.2) is 7.05 Å². The molecule has 0 saturated carbocycles. The van der Waals surface area contributed by atoms with E-state index < -0.39 is 0 Å². The van der Waals surface area contributed by atoms with Crippen LogP contribution >= 0.6 is 0 Å². The van der Waals surface area contributed by atoms with E-state index in [4.69, 9.17) is 4.74 Å². The monoisotopic (exact) mass is 269 g/mol. The first kappa shape index (κ1) is 14.6. The first-order valence-corrected chi connectivity index (χ1v) is 7.24. The number of aryl methyl sites for hydroxylation is 2. The van der Waals surface area contributed by atoms with Crippen LogP contribution < -0.4 is 10.1 Å². The molecule has 0 fully saturated rings. The molecule has 0 aliphatic carbocycles. The molecule has 0 saturated heterocycles. The Hall–Kier alpha value is -1.80. The van der Waals surface area contributed by atoms with Crippen molar-refractivity contribution in [1.29, 1.82) is 0 Å². The van der Waals surface area contributed by atoms with Gasteiger partial charge in [-0.05, 0) is 61.3 Å². The predicted molar refractivity (Wildman–Crippen MR) is 84.5 cm³/mol. The fourth-order valence-corrected chi connectivity index (χ4v) is 2.27. The van der Waals surface area contributed by atoms with Crippen molar-refractivity contribution in [2.75, 3.05) is 7.05 Å². The lowest BCUT2D eigenvalue weighted by molar-refractivity contribution is 0.481. The summed E-state index contributed by atoms with van der Waals surface area (Å²) in [5.74, 6) is 1.79. The van der Waals surface area contributed by atoms with Gasteiger partial charge in [0.05, 0.1) is 0 Å². The standard InChI is InChI=1S/C18H23NO/c1-4-5-15-6-9-17(10-7-15)20-18-11-8-16(13-19-3)14(2)12-18/h6-12,19H,4-5,13H2,1-3H3. The topological polar surface area (TPSA) is 21.3 Å². The van der Waals surface area contributed by atoms with Crippen molar-refractivity contribution in [3.63, 3.8) is 0 Å². The molecule has 2 rings (SSSR count). The zero-order valence-electron chi connectivity index (χ0n) is 12.6. The lowest BCUT2D eigenvalue weighted by Gasteiger charge is -2.10. The summed E-state index contributed by atoms with van der Waals surface area (Å²) in [5.41, 5.74) is 3.91. The third-order valence-electron chi connectivity index (χ3n) is 3.38. The molecule has 0 bridgehead atoms. The highest BCUT2D eigenvalue weighted by Gasteiger charge is 2.02. The highest BCUT2D eigenvalue weighted by atomic mass is 16.5. The predicted octanol–water partition coefficient (Wildman–Crippen LogP) is 4.46. The minimum Gasteiger partial charge on any atom is -0.457 e. The highest BCUT2D eigenvalue weighted by molar-refractivity contribution is 5.38. The minimum atomic E-state index is 0.887. The third-order valence-corrected chi connectivity index (χ3v) is 3.38. The zero-order chi connectivity index (χ0) is 14.4. The number of hydrogen-bond donors (Lipinski definition) is 1. The smallest absolute Gasteiger partial charge is 0.127 e. The normalized spacial score (nSPS) is 10.6. The maximum Gasteiger partial charge on any atom is 0.127 e. The van der Waals surface area contributed by atoms with Gasteiger partial charge in [-0.25, -0.2) is 0 Å². The minimum absolute atomic E-state index is 0.887. The number of rotatable bonds is 6. The molecule has 20 heavy (non-hydrogen) atoms. The van der Waals surface area contributed by atoms with E-state index >= 15 is 0 Å². The van der Waals surface area contributed by atoms with E-state index in [1.54, 1.807) is 0 Å². The number of nitrogens with one attached hydrogen (secondary N) is 1. The number of benzene rings is 2. The molecule has 106 valence electrons. The van der Waals surface area contributed by atoms with Crippen molar-refractivity contribution in [3.8, 4) is 11.5 Å². The second-order valence-electron chi connectivity index (χ2n) is 5.11. The van der Waals surface area contributed by atoms with Gasteiger partial charge in [-0.2, -0.15) is 0 Å². The Morgan fingerprint density at radius 2 is 1.70 bits per heavy atom. The van der Waals surface area contributed by atoms with Crippen molar-refractivity contribution in [3.05, 3.63) is 59.2 Å². The van der Waals surface area contributed by atoms with Gasteiger partial charge in [0.1, 0.15) is 11.5 Å². The summed E-state index contributed by atoms with van der Waals surface area (Å²) in [6, 6.07) is 14.6. The van der Waals surface area contributed by atoms with Gasteiger partial charge in [0, 0.05) is 6.54 Å². The molecule has 0 atom stereocenters. The summed E-state index contributed by atoms with van der Waals surface area (Å²) in [4.78, 5) is 0. The Kier molecular flexibility index (Phi) is 5.19. The van der Waals surface area contributed by atoms with Crippen LogP contribution in [0.5, 0.6) is 11.5 Å². The summed E-state index contributed by atoms with van der Waals surface area (Å²) in [7, 11) is 1.96. The molecule has 0 aromatic heterocycles. The first-order valence-electron chi connectivity index (χ1n) is 7.24. The molecule has 2 nitrogen and oxygen atoms in total. The van der Waals surface area contributed by atoms with Crippen molar-refractivity contribution < 1.29 is 4.74 Å². The summed E-state index contributed by atoms with van der Waals surface area (Å²) < 4.78 is 5.91. The highest BCUT2D eigenvalue weighted by Crippen LogP contribution is 2.24. The molecule has 0 amide bonds. The fraction of sp³-hybridized carbons (Fsp3) is 0.333. The van der Waals surface area contributed by atoms with Gasteiger partial charge in [0.25, 0.3) is 0 Å². The number of ether oxygens (including phenoxy) is 1. The van der Waals surface area contributed by atoms with Crippen molar-refractivity contribution in [2.45, 2.75) is 33.2 Å². The van der Waals surface area contributed by atoms with E-state index in [-0.39, 0.29) is 0 Å². The van der Waals surface area contributed by atoms with Gasteiger partial charge in [0.2, 0.25) is 0 Å². The second-order valence-corrected chi connectivity index (χ2v) is 5.11. The van der Waals surface area contributed by atoms with Crippen LogP contribution in [0.25, 0.3) is 0 Å². The van der Waals surface area contributed by atoms with Crippen molar-refractivity contribution in [2.24, 2.45) is 0 Å². The Morgan fingerprint density at radius 3 is 2.30 bits per heavy atom. The maximum atomic E-state index is 5.91.